The van der Waals surface area contributed by atoms with E-state index in [9.17, 15) is 13.2 Å². The molecule has 0 aliphatic carbocycles. The largest absolute Gasteiger partial charge is 0.378 e. The molecule has 3 rings (SSSR count). The first-order valence-electron chi connectivity index (χ1n) is 9.13. The molecule has 0 saturated carbocycles. The molecule has 0 unspecified atom stereocenters. The van der Waals surface area contributed by atoms with Gasteiger partial charge in [0.2, 0.25) is 10.0 Å². The number of anilines is 1. The Bertz CT molecular complexity index is 953. The highest BCUT2D eigenvalue weighted by Crippen LogP contribution is 2.28. The van der Waals surface area contributed by atoms with E-state index in [1.165, 1.54) is 22.5 Å². The standard InChI is InChI=1S/C20H24ClN3O3S/c1-23(2)17-8-5-15(6-9-17)14-22-20(25)16-7-10-18(21)19(13-16)28(26,27)24-11-3-4-12-24/h5-10,13H,3-4,11-12,14H2,1-2H3,(H,22,25). The maximum absolute atomic E-state index is 12.8. The average Bonchev–Trinajstić information content (AvgIpc) is 3.22. The second-order valence-corrected chi connectivity index (χ2v) is 9.31. The Morgan fingerprint density at radius 3 is 2.36 bits per heavy atom. The van der Waals surface area contributed by atoms with Gasteiger partial charge in [0.1, 0.15) is 4.90 Å². The summed E-state index contributed by atoms with van der Waals surface area (Å²) in [5.41, 5.74) is 2.30. The van der Waals surface area contributed by atoms with E-state index >= 15 is 0 Å². The van der Waals surface area contributed by atoms with Gasteiger partial charge in [-0.05, 0) is 48.7 Å². The molecule has 1 saturated heterocycles. The highest BCUT2D eigenvalue weighted by Gasteiger charge is 2.29. The van der Waals surface area contributed by atoms with E-state index in [1.807, 2.05) is 43.3 Å². The van der Waals surface area contributed by atoms with Gasteiger partial charge in [0.25, 0.3) is 5.91 Å². The zero-order valence-electron chi connectivity index (χ0n) is 16.0. The number of benzene rings is 2. The van der Waals surface area contributed by atoms with Gasteiger partial charge in [0, 0.05) is 45.0 Å². The van der Waals surface area contributed by atoms with Gasteiger partial charge in [-0.15, -0.1) is 0 Å². The molecule has 0 bridgehead atoms. The van der Waals surface area contributed by atoms with Crippen molar-refractivity contribution >= 4 is 33.2 Å². The molecule has 0 radical (unpaired) electrons. The number of nitrogens with zero attached hydrogens (tertiary/aromatic N) is 2. The van der Waals surface area contributed by atoms with Crippen LogP contribution in [0.4, 0.5) is 5.69 Å². The van der Waals surface area contributed by atoms with Gasteiger partial charge in [0.15, 0.2) is 0 Å². The Balaban J connectivity index is 1.73. The van der Waals surface area contributed by atoms with E-state index in [1.54, 1.807) is 0 Å². The molecule has 150 valence electrons. The predicted molar refractivity (Wildman–Crippen MR) is 111 cm³/mol. The molecule has 1 fully saturated rings. The van der Waals surface area contributed by atoms with E-state index in [4.69, 9.17) is 11.6 Å². The number of carbonyl (C=O) groups is 1. The molecule has 6 nitrogen and oxygen atoms in total. The van der Waals surface area contributed by atoms with Crippen molar-refractivity contribution in [1.29, 1.82) is 0 Å². The van der Waals surface area contributed by atoms with Crippen molar-refractivity contribution in [2.75, 3.05) is 32.1 Å². The smallest absolute Gasteiger partial charge is 0.251 e. The van der Waals surface area contributed by atoms with Crippen LogP contribution in [0.3, 0.4) is 0 Å². The third kappa shape index (κ3) is 4.48. The molecule has 8 heteroatoms. The summed E-state index contributed by atoms with van der Waals surface area (Å²) in [6.45, 7) is 1.32. The maximum Gasteiger partial charge on any atom is 0.251 e. The van der Waals surface area contributed by atoms with Gasteiger partial charge in [0.05, 0.1) is 5.02 Å². The second-order valence-electron chi connectivity index (χ2n) is 7.00. The van der Waals surface area contributed by atoms with E-state index in [0.29, 0.717) is 19.6 Å². The minimum Gasteiger partial charge on any atom is -0.378 e. The zero-order valence-corrected chi connectivity index (χ0v) is 17.6. The topological polar surface area (TPSA) is 69.7 Å². The van der Waals surface area contributed by atoms with Gasteiger partial charge < -0.3 is 10.2 Å². The zero-order chi connectivity index (χ0) is 20.3. The van der Waals surface area contributed by atoms with Crippen molar-refractivity contribution in [3.63, 3.8) is 0 Å². The summed E-state index contributed by atoms with van der Waals surface area (Å²) in [5, 5.41) is 2.96. The molecule has 1 N–H and O–H groups in total. The highest BCUT2D eigenvalue weighted by molar-refractivity contribution is 7.89. The van der Waals surface area contributed by atoms with Crippen LogP contribution in [0.2, 0.25) is 5.02 Å². The lowest BCUT2D eigenvalue weighted by Gasteiger charge is -2.17. The van der Waals surface area contributed by atoms with E-state index in [2.05, 4.69) is 5.32 Å². The Hall–Kier alpha value is -2.09. The third-order valence-corrected chi connectivity index (χ3v) is 7.16. The van der Waals surface area contributed by atoms with Gasteiger partial charge in [-0.25, -0.2) is 8.42 Å². The van der Waals surface area contributed by atoms with Crippen LogP contribution in [0.5, 0.6) is 0 Å². The lowest BCUT2D eigenvalue weighted by atomic mass is 10.1. The van der Waals surface area contributed by atoms with Gasteiger partial charge in [-0.3, -0.25) is 4.79 Å². The number of hydrogen-bond donors (Lipinski definition) is 1. The Labute approximate surface area is 171 Å². The molecule has 2 aromatic rings. The average molecular weight is 422 g/mol. The molecule has 1 aliphatic heterocycles. The van der Waals surface area contributed by atoms with E-state index in [0.717, 1.165) is 24.1 Å². The van der Waals surface area contributed by atoms with Crippen LogP contribution in [0, 0.1) is 0 Å². The minimum absolute atomic E-state index is 0.0148. The summed E-state index contributed by atoms with van der Waals surface area (Å²) < 4.78 is 27.0. The SMILES string of the molecule is CN(C)c1ccc(CNC(=O)c2ccc(Cl)c(S(=O)(=O)N3CCCC3)c2)cc1. The predicted octanol–water partition coefficient (Wildman–Crippen LogP) is 3.12. The second kappa shape index (κ2) is 8.51. The Morgan fingerprint density at radius 2 is 1.75 bits per heavy atom. The molecule has 2 aromatic carbocycles. The fourth-order valence-electron chi connectivity index (χ4n) is 3.11. The van der Waals surface area contributed by atoms with Crippen molar-refractivity contribution in [2.45, 2.75) is 24.3 Å². The summed E-state index contributed by atoms with van der Waals surface area (Å²) in [6.07, 6.45) is 1.67. The van der Waals surface area contributed by atoms with Gasteiger partial charge in [-0.2, -0.15) is 4.31 Å². The number of hydrogen-bond acceptors (Lipinski definition) is 4. The summed E-state index contributed by atoms with van der Waals surface area (Å²) >= 11 is 6.14. The number of carbonyl (C=O) groups excluding carboxylic acids is 1. The van der Waals surface area contributed by atoms with Crippen LogP contribution < -0.4 is 10.2 Å². The van der Waals surface area contributed by atoms with Crippen LogP contribution in [-0.4, -0.2) is 45.8 Å². The van der Waals surface area contributed by atoms with Crippen LogP contribution in [0.25, 0.3) is 0 Å². The quantitative estimate of drug-likeness (QED) is 0.778. The lowest BCUT2D eigenvalue weighted by Crippen LogP contribution is -2.29. The number of rotatable bonds is 6. The third-order valence-electron chi connectivity index (χ3n) is 4.78. The summed E-state index contributed by atoms with van der Waals surface area (Å²) in [4.78, 5) is 14.5. The molecule has 1 amide bonds. The summed E-state index contributed by atoms with van der Waals surface area (Å²) in [5.74, 6) is -0.341. The normalized spacial score (nSPS) is 14.8. The first-order chi connectivity index (χ1) is 13.3. The molecule has 1 aliphatic rings. The molecule has 0 atom stereocenters. The molecule has 28 heavy (non-hydrogen) atoms. The number of nitrogens with one attached hydrogen (secondary N) is 1. The number of halogens is 1. The van der Waals surface area contributed by atoms with Crippen LogP contribution in [0.1, 0.15) is 28.8 Å². The summed E-state index contributed by atoms with van der Waals surface area (Å²) in [7, 11) is 0.238. The van der Waals surface area contributed by atoms with Crippen LogP contribution >= 0.6 is 11.6 Å². The highest BCUT2D eigenvalue weighted by atomic mass is 35.5. The fourth-order valence-corrected chi connectivity index (χ4v) is 5.12. The maximum atomic E-state index is 12.8. The number of amides is 1. The van der Waals surface area contributed by atoms with Crippen molar-refractivity contribution in [3.8, 4) is 0 Å². The fraction of sp³-hybridized carbons (Fsp3) is 0.350. The van der Waals surface area contributed by atoms with Crippen molar-refractivity contribution in [2.24, 2.45) is 0 Å². The monoisotopic (exact) mass is 421 g/mol. The molecular formula is C20H24ClN3O3S. The van der Waals surface area contributed by atoms with Crippen molar-refractivity contribution in [1.82, 2.24) is 9.62 Å². The molecule has 1 heterocycles. The van der Waals surface area contributed by atoms with Gasteiger partial charge >= 0.3 is 0 Å². The summed E-state index contributed by atoms with van der Waals surface area (Å²) in [6, 6.07) is 12.2. The molecular weight excluding hydrogens is 398 g/mol. The number of sulfonamides is 1. The van der Waals surface area contributed by atoms with E-state index < -0.39 is 10.0 Å². The lowest BCUT2D eigenvalue weighted by molar-refractivity contribution is 0.0950. The van der Waals surface area contributed by atoms with Gasteiger partial charge in [-0.1, -0.05) is 23.7 Å². The van der Waals surface area contributed by atoms with Crippen LogP contribution in [0.15, 0.2) is 47.4 Å². The van der Waals surface area contributed by atoms with E-state index in [-0.39, 0.29) is 21.4 Å². The molecule has 0 aromatic heterocycles. The first kappa shape index (κ1) is 20.6. The van der Waals surface area contributed by atoms with Crippen molar-refractivity contribution in [3.05, 3.63) is 58.6 Å². The minimum atomic E-state index is -3.69. The Morgan fingerprint density at radius 1 is 1.11 bits per heavy atom. The molecule has 0 spiro atoms. The first-order valence-corrected chi connectivity index (χ1v) is 10.9. The van der Waals surface area contributed by atoms with Crippen LogP contribution in [-0.2, 0) is 16.6 Å². The van der Waals surface area contributed by atoms with Crippen molar-refractivity contribution < 1.29 is 13.2 Å². The Kier molecular flexibility index (Phi) is 6.27.